The standard InChI is InChI=1S/C26H31ClN2O5/c1-5-33-20-13-10-18(16-21(20)34-6-2)23-22(24(30)17-8-11-19(27)12-9-17)25(31)26(32)29(23)15-7-14-28(3)4/h8-13,16,23,30H,5-7,14-15H2,1-4H3/t23-/m1/s1. The molecule has 34 heavy (non-hydrogen) atoms. The summed E-state index contributed by atoms with van der Waals surface area (Å²) < 4.78 is 11.4. The van der Waals surface area contributed by atoms with Crippen molar-refractivity contribution in [3.63, 3.8) is 0 Å². The van der Waals surface area contributed by atoms with Gasteiger partial charge in [0.2, 0.25) is 0 Å². The molecule has 0 radical (unpaired) electrons. The lowest BCUT2D eigenvalue weighted by atomic mass is 9.95. The fraction of sp³-hybridized carbons (Fsp3) is 0.385. The number of halogens is 1. The topological polar surface area (TPSA) is 79.3 Å². The fourth-order valence-electron chi connectivity index (χ4n) is 4.02. The second kappa shape index (κ2) is 11.4. The van der Waals surface area contributed by atoms with Crippen LogP contribution in [0.2, 0.25) is 5.02 Å². The van der Waals surface area contributed by atoms with Gasteiger partial charge in [-0.05, 0) is 82.9 Å². The van der Waals surface area contributed by atoms with E-state index < -0.39 is 17.7 Å². The lowest BCUT2D eigenvalue weighted by molar-refractivity contribution is -0.139. The minimum absolute atomic E-state index is 0.0452. The molecule has 1 aliphatic heterocycles. The number of carbonyl (C=O) groups excluding carboxylic acids is 2. The predicted molar refractivity (Wildman–Crippen MR) is 132 cm³/mol. The Balaban J connectivity index is 2.13. The van der Waals surface area contributed by atoms with Crippen LogP contribution in [0.4, 0.5) is 0 Å². The van der Waals surface area contributed by atoms with Crippen molar-refractivity contribution in [2.24, 2.45) is 0 Å². The minimum atomic E-state index is -0.757. The Labute approximate surface area is 205 Å². The second-order valence-corrected chi connectivity index (χ2v) is 8.66. The molecule has 2 aromatic carbocycles. The Hall–Kier alpha value is -3.03. The van der Waals surface area contributed by atoms with Crippen LogP contribution in [0.25, 0.3) is 5.76 Å². The molecular formula is C26H31ClN2O5. The van der Waals surface area contributed by atoms with Crippen molar-refractivity contribution in [3.05, 3.63) is 64.2 Å². The zero-order valence-corrected chi connectivity index (χ0v) is 20.8. The number of carbonyl (C=O) groups is 2. The Morgan fingerprint density at radius 2 is 1.68 bits per heavy atom. The third kappa shape index (κ3) is 5.54. The number of rotatable bonds is 10. The Kier molecular flexibility index (Phi) is 8.58. The maximum absolute atomic E-state index is 13.2. The number of aliphatic hydroxyl groups excluding tert-OH is 1. The van der Waals surface area contributed by atoms with Gasteiger partial charge < -0.3 is 24.4 Å². The molecule has 0 saturated carbocycles. The SMILES string of the molecule is CCOc1ccc([C@@H]2C(=C(O)c3ccc(Cl)cc3)C(=O)C(=O)N2CCCN(C)C)cc1OCC. The number of likely N-dealkylation sites (tertiary alicyclic amines) is 1. The molecule has 1 heterocycles. The van der Waals surface area contributed by atoms with Crippen LogP contribution >= 0.6 is 11.6 Å². The van der Waals surface area contributed by atoms with Crippen molar-refractivity contribution in [2.45, 2.75) is 26.3 Å². The van der Waals surface area contributed by atoms with Gasteiger partial charge in [-0.1, -0.05) is 17.7 Å². The maximum atomic E-state index is 13.2. The first-order chi connectivity index (χ1) is 16.3. The van der Waals surface area contributed by atoms with Gasteiger partial charge in [0, 0.05) is 17.1 Å². The molecule has 0 spiro atoms. The van der Waals surface area contributed by atoms with Crippen molar-refractivity contribution in [3.8, 4) is 11.5 Å². The van der Waals surface area contributed by atoms with Gasteiger partial charge in [0.1, 0.15) is 5.76 Å². The fourth-order valence-corrected chi connectivity index (χ4v) is 4.14. The van der Waals surface area contributed by atoms with Crippen LogP contribution in [0, 0.1) is 0 Å². The highest BCUT2D eigenvalue weighted by atomic mass is 35.5. The number of ether oxygens (including phenoxy) is 2. The quantitative estimate of drug-likeness (QED) is 0.302. The van der Waals surface area contributed by atoms with Crippen LogP contribution < -0.4 is 9.47 Å². The zero-order chi connectivity index (χ0) is 24.8. The molecule has 0 aliphatic carbocycles. The van der Waals surface area contributed by atoms with E-state index in [4.69, 9.17) is 21.1 Å². The van der Waals surface area contributed by atoms with E-state index >= 15 is 0 Å². The third-order valence-electron chi connectivity index (χ3n) is 5.55. The average molecular weight is 487 g/mol. The largest absolute Gasteiger partial charge is 0.507 e. The van der Waals surface area contributed by atoms with E-state index in [1.54, 1.807) is 42.5 Å². The van der Waals surface area contributed by atoms with Crippen molar-refractivity contribution < 1.29 is 24.2 Å². The van der Waals surface area contributed by atoms with Crippen LogP contribution in [-0.2, 0) is 9.59 Å². The van der Waals surface area contributed by atoms with E-state index in [9.17, 15) is 14.7 Å². The number of nitrogens with zero attached hydrogens (tertiary/aromatic N) is 2. The van der Waals surface area contributed by atoms with Crippen LogP contribution in [0.15, 0.2) is 48.0 Å². The molecule has 1 aliphatic rings. The summed E-state index contributed by atoms with van der Waals surface area (Å²) in [5.74, 6) is -0.482. The van der Waals surface area contributed by atoms with Gasteiger partial charge in [0.15, 0.2) is 11.5 Å². The molecule has 3 rings (SSSR count). The zero-order valence-electron chi connectivity index (χ0n) is 20.0. The molecule has 1 atom stereocenters. The molecule has 2 aromatic rings. The van der Waals surface area contributed by atoms with Crippen molar-refractivity contribution in [1.29, 1.82) is 0 Å². The Bertz CT molecular complexity index is 1070. The molecule has 0 bridgehead atoms. The summed E-state index contributed by atoms with van der Waals surface area (Å²) in [6, 6.07) is 11.1. The summed E-state index contributed by atoms with van der Waals surface area (Å²) in [5, 5.41) is 11.7. The van der Waals surface area contributed by atoms with Crippen molar-refractivity contribution in [1.82, 2.24) is 9.80 Å². The first kappa shape index (κ1) is 25.6. The van der Waals surface area contributed by atoms with Crippen LogP contribution in [0.1, 0.15) is 37.4 Å². The normalized spacial score (nSPS) is 17.5. The number of Topliss-reactive ketones (excluding diaryl/α,β-unsaturated/α-hetero) is 1. The maximum Gasteiger partial charge on any atom is 0.295 e. The number of hydrogen-bond acceptors (Lipinski definition) is 6. The number of ketones is 1. The van der Waals surface area contributed by atoms with Gasteiger partial charge in [-0.2, -0.15) is 0 Å². The summed E-state index contributed by atoms with van der Waals surface area (Å²) in [6.07, 6.45) is 0.673. The van der Waals surface area contributed by atoms with E-state index in [1.807, 2.05) is 32.8 Å². The van der Waals surface area contributed by atoms with E-state index in [-0.39, 0.29) is 11.3 Å². The van der Waals surface area contributed by atoms with Crippen molar-refractivity contribution >= 4 is 29.1 Å². The Morgan fingerprint density at radius 3 is 2.29 bits per heavy atom. The van der Waals surface area contributed by atoms with Crippen molar-refractivity contribution in [2.75, 3.05) is 40.4 Å². The van der Waals surface area contributed by atoms with Crippen LogP contribution in [-0.4, -0.2) is 67.0 Å². The highest BCUT2D eigenvalue weighted by molar-refractivity contribution is 6.46. The highest BCUT2D eigenvalue weighted by Gasteiger charge is 2.46. The van der Waals surface area contributed by atoms with Gasteiger partial charge in [-0.15, -0.1) is 0 Å². The molecule has 0 unspecified atom stereocenters. The summed E-state index contributed by atoms with van der Waals surface area (Å²) in [7, 11) is 3.90. The molecule has 1 amide bonds. The lowest BCUT2D eigenvalue weighted by Gasteiger charge is -2.26. The summed E-state index contributed by atoms with van der Waals surface area (Å²) in [6.45, 7) is 5.77. The molecule has 182 valence electrons. The first-order valence-corrected chi connectivity index (χ1v) is 11.7. The monoisotopic (exact) mass is 486 g/mol. The highest BCUT2D eigenvalue weighted by Crippen LogP contribution is 2.42. The van der Waals surface area contributed by atoms with Gasteiger partial charge in [-0.3, -0.25) is 9.59 Å². The molecule has 0 aromatic heterocycles. The number of amides is 1. The second-order valence-electron chi connectivity index (χ2n) is 8.23. The van der Waals surface area contributed by atoms with E-state index in [2.05, 4.69) is 0 Å². The Morgan fingerprint density at radius 1 is 1.03 bits per heavy atom. The first-order valence-electron chi connectivity index (χ1n) is 11.4. The van der Waals surface area contributed by atoms with Gasteiger partial charge in [-0.25, -0.2) is 0 Å². The molecule has 1 saturated heterocycles. The lowest BCUT2D eigenvalue weighted by Crippen LogP contribution is -2.32. The number of benzene rings is 2. The molecule has 1 N–H and O–H groups in total. The summed E-state index contributed by atoms with van der Waals surface area (Å²) in [5.41, 5.74) is 1.12. The molecule has 1 fully saturated rings. The van der Waals surface area contributed by atoms with E-state index in [0.29, 0.717) is 53.8 Å². The predicted octanol–water partition coefficient (Wildman–Crippen LogP) is 4.51. The number of aliphatic hydroxyl groups is 1. The third-order valence-corrected chi connectivity index (χ3v) is 5.80. The van der Waals surface area contributed by atoms with Gasteiger partial charge in [0.25, 0.3) is 11.7 Å². The molecule has 8 heteroatoms. The smallest absolute Gasteiger partial charge is 0.295 e. The summed E-state index contributed by atoms with van der Waals surface area (Å²) in [4.78, 5) is 29.8. The van der Waals surface area contributed by atoms with E-state index in [0.717, 1.165) is 6.54 Å². The molecule has 7 nitrogen and oxygen atoms in total. The minimum Gasteiger partial charge on any atom is -0.507 e. The van der Waals surface area contributed by atoms with Gasteiger partial charge in [0.05, 0.1) is 24.8 Å². The van der Waals surface area contributed by atoms with Gasteiger partial charge >= 0.3 is 0 Å². The average Bonchev–Trinajstić information content (AvgIpc) is 3.05. The van der Waals surface area contributed by atoms with Crippen LogP contribution in [0.3, 0.4) is 0 Å². The number of hydrogen-bond donors (Lipinski definition) is 1. The summed E-state index contributed by atoms with van der Waals surface area (Å²) >= 11 is 5.99. The molecular weight excluding hydrogens is 456 g/mol. The van der Waals surface area contributed by atoms with Crippen LogP contribution in [0.5, 0.6) is 11.5 Å². The van der Waals surface area contributed by atoms with E-state index in [1.165, 1.54) is 4.90 Å².